The summed E-state index contributed by atoms with van der Waals surface area (Å²) in [6.45, 7) is 6.02. The number of likely N-dealkylation sites (tertiary alicyclic amines) is 1. The number of hydrogen-bond acceptors (Lipinski definition) is 5. The van der Waals surface area contributed by atoms with Crippen LogP contribution in [-0.4, -0.2) is 55.5 Å². The summed E-state index contributed by atoms with van der Waals surface area (Å²) in [5, 5.41) is 12.9. The molecule has 3 heterocycles. The Labute approximate surface area is 210 Å². The summed E-state index contributed by atoms with van der Waals surface area (Å²) < 4.78 is 15.9. The molecule has 36 heavy (non-hydrogen) atoms. The lowest BCUT2D eigenvalue weighted by Crippen LogP contribution is -2.49. The van der Waals surface area contributed by atoms with Crippen LogP contribution in [0.4, 0.5) is 4.39 Å². The van der Waals surface area contributed by atoms with Crippen LogP contribution < -0.4 is 5.32 Å². The smallest absolute Gasteiger partial charge is 0.246 e. The minimum Gasteiger partial charge on any atom is -0.394 e. The molecule has 0 unspecified atom stereocenters. The molecule has 0 bridgehead atoms. The number of amides is 2. The van der Waals surface area contributed by atoms with Crippen LogP contribution in [0.15, 0.2) is 55.1 Å². The highest BCUT2D eigenvalue weighted by molar-refractivity contribution is 5.90. The minimum atomic E-state index is -0.658. The first-order valence-corrected chi connectivity index (χ1v) is 12.2. The summed E-state index contributed by atoms with van der Waals surface area (Å²) >= 11 is 0. The van der Waals surface area contributed by atoms with Gasteiger partial charge in [0.05, 0.1) is 24.7 Å². The molecule has 0 spiro atoms. The van der Waals surface area contributed by atoms with E-state index in [-0.39, 0.29) is 30.0 Å². The molecule has 1 aliphatic heterocycles. The van der Waals surface area contributed by atoms with Gasteiger partial charge >= 0.3 is 0 Å². The van der Waals surface area contributed by atoms with Crippen LogP contribution in [0.2, 0.25) is 0 Å². The largest absolute Gasteiger partial charge is 0.394 e. The van der Waals surface area contributed by atoms with Crippen molar-refractivity contribution in [2.45, 2.75) is 51.7 Å². The third-order valence-electron chi connectivity index (χ3n) is 6.62. The molecule has 3 atom stereocenters. The average molecular weight is 494 g/mol. The minimum absolute atomic E-state index is 0.0167. The fourth-order valence-corrected chi connectivity index (χ4v) is 4.80. The number of nitrogens with zero attached hydrogens (tertiary/aromatic N) is 4. The molecular formula is C27H32FN5O3. The molecule has 2 N–H and O–H groups in total. The lowest BCUT2D eigenvalue weighted by Gasteiger charge is -2.31. The number of carbonyl (C=O) groups is 2. The zero-order chi connectivity index (χ0) is 25.8. The van der Waals surface area contributed by atoms with Crippen LogP contribution in [0.25, 0.3) is 11.3 Å². The van der Waals surface area contributed by atoms with Crippen molar-refractivity contribution in [3.63, 3.8) is 0 Å². The van der Waals surface area contributed by atoms with Crippen molar-refractivity contribution in [1.29, 1.82) is 0 Å². The van der Waals surface area contributed by atoms with Crippen molar-refractivity contribution in [1.82, 2.24) is 24.8 Å². The van der Waals surface area contributed by atoms with Crippen LogP contribution in [0.3, 0.4) is 0 Å². The molecule has 8 nitrogen and oxygen atoms in total. The van der Waals surface area contributed by atoms with Gasteiger partial charge in [0.2, 0.25) is 11.8 Å². The van der Waals surface area contributed by atoms with E-state index in [0.29, 0.717) is 24.1 Å². The number of benzene rings is 1. The molecule has 4 rings (SSSR count). The van der Waals surface area contributed by atoms with E-state index in [0.717, 1.165) is 12.1 Å². The number of carbonyl (C=O) groups excluding carboxylic acids is 2. The molecule has 2 aromatic heterocycles. The predicted octanol–water partition coefficient (Wildman–Crippen LogP) is 3.43. The zero-order valence-electron chi connectivity index (χ0n) is 20.8. The normalized spacial score (nSPS) is 17.3. The number of imidazole rings is 1. The molecular weight excluding hydrogens is 461 g/mol. The van der Waals surface area contributed by atoms with Crippen LogP contribution >= 0.6 is 0 Å². The summed E-state index contributed by atoms with van der Waals surface area (Å²) in [4.78, 5) is 36.8. The fraction of sp³-hybridized carbons (Fsp3) is 0.407. The average Bonchev–Trinajstić information content (AvgIpc) is 3.52. The van der Waals surface area contributed by atoms with E-state index in [1.807, 2.05) is 31.5 Å². The molecule has 1 aromatic carbocycles. The monoisotopic (exact) mass is 493 g/mol. The summed E-state index contributed by atoms with van der Waals surface area (Å²) in [6.07, 6.45) is 6.31. The van der Waals surface area contributed by atoms with Crippen molar-refractivity contribution >= 4 is 11.8 Å². The van der Waals surface area contributed by atoms with Gasteiger partial charge in [0.1, 0.15) is 23.6 Å². The van der Waals surface area contributed by atoms with E-state index in [9.17, 15) is 19.1 Å². The number of pyridine rings is 1. The number of aliphatic hydroxyl groups is 1. The molecule has 1 fully saturated rings. The lowest BCUT2D eigenvalue weighted by molar-refractivity contribution is -0.142. The van der Waals surface area contributed by atoms with Crippen molar-refractivity contribution in [2.24, 2.45) is 5.92 Å². The maximum absolute atomic E-state index is 14.1. The van der Waals surface area contributed by atoms with E-state index in [4.69, 9.17) is 0 Å². The standard InChI is InChI=1S/C27H32FN5O3/c1-17(2)25(32-14-18(3)30-16-32)27(36)33-13-5-7-23(33)26(35)31-22(15-34)19-8-10-20(11-9-19)24-21(28)6-4-12-29-24/h4,6,8-12,14,16-17,22-23,25,34H,5,7,13,15H2,1-3H3,(H,31,35)/t22-,23-,25-/m0/s1. The fourth-order valence-electron chi connectivity index (χ4n) is 4.80. The van der Waals surface area contributed by atoms with Crippen LogP contribution in [0.1, 0.15) is 50.0 Å². The van der Waals surface area contributed by atoms with E-state index in [2.05, 4.69) is 15.3 Å². The highest BCUT2D eigenvalue weighted by atomic mass is 19.1. The first-order chi connectivity index (χ1) is 17.3. The summed E-state index contributed by atoms with van der Waals surface area (Å²) in [7, 11) is 0. The Morgan fingerprint density at radius 1 is 1.19 bits per heavy atom. The first kappa shape index (κ1) is 25.5. The van der Waals surface area contributed by atoms with E-state index in [1.54, 1.807) is 35.5 Å². The van der Waals surface area contributed by atoms with Gasteiger partial charge in [-0.2, -0.15) is 0 Å². The topological polar surface area (TPSA) is 100 Å². The van der Waals surface area contributed by atoms with Gasteiger partial charge in [0.15, 0.2) is 0 Å². The van der Waals surface area contributed by atoms with Crippen LogP contribution in [0, 0.1) is 18.7 Å². The van der Waals surface area contributed by atoms with E-state index in [1.165, 1.54) is 18.3 Å². The molecule has 2 amide bonds. The number of aromatic nitrogens is 3. The van der Waals surface area contributed by atoms with Gasteiger partial charge in [-0.05, 0) is 43.4 Å². The van der Waals surface area contributed by atoms with Crippen molar-refractivity contribution in [3.8, 4) is 11.3 Å². The number of halogens is 1. The van der Waals surface area contributed by atoms with E-state index < -0.39 is 23.9 Å². The SMILES string of the molecule is Cc1cn([C@H](C(=O)N2CCC[C@H]2C(=O)N[C@@H](CO)c2ccc(-c3ncccc3F)cc2)C(C)C)cn1. The van der Waals surface area contributed by atoms with Gasteiger partial charge < -0.3 is 19.9 Å². The summed E-state index contributed by atoms with van der Waals surface area (Å²) in [5.74, 6) is -0.816. The number of rotatable bonds is 8. The lowest BCUT2D eigenvalue weighted by atomic mass is 10.0. The van der Waals surface area contributed by atoms with Gasteiger partial charge in [-0.3, -0.25) is 14.6 Å². The molecule has 1 aliphatic rings. The van der Waals surface area contributed by atoms with Gasteiger partial charge in [-0.1, -0.05) is 38.1 Å². The van der Waals surface area contributed by atoms with Gasteiger partial charge in [0.25, 0.3) is 0 Å². The van der Waals surface area contributed by atoms with Gasteiger partial charge in [-0.25, -0.2) is 9.37 Å². The molecule has 0 radical (unpaired) electrons. The van der Waals surface area contributed by atoms with Crippen LogP contribution in [-0.2, 0) is 9.59 Å². The van der Waals surface area contributed by atoms with E-state index >= 15 is 0 Å². The Kier molecular flexibility index (Phi) is 7.79. The Hall–Kier alpha value is -3.59. The zero-order valence-corrected chi connectivity index (χ0v) is 20.8. The maximum atomic E-state index is 14.1. The van der Waals surface area contributed by atoms with Crippen molar-refractivity contribution in [2.75, 3.05) is 13.2 Å². The Bertz CT molecular complexity index is 1210. The second kappa shape index (κ2) is 11.0. The van der Waals surface area contributed by atoms with Crippen molar-refractivity contribution in [3.05, 3.63) is 72.2 Å². The van der Waals surface area contributed by atoms with Gasteiger partial charge in [-0.15, -0.1) is 0 Å². The van der Waals surface area contributed by atoms with Crippen LogP contribution in [0.5, 0.6) is 0 Å². The second-order valence-electron chi connectivity index (χ2n) is 9.54. The molecule has 3 aromatic rings. The number of aryl methyl sites for hydroxylation is 1. The van der Waals surface area contributed by atoms with Gasteiger partial charge in [0, 0.05) is 24.5 Å². The third kappa shape index (κ3) is 5.31. The third-order valence-corrected chi connectivity index (χ3v) is 6.62. The molecule has 9 heteroatoms. The Morgan fingerprint density at radius 2 is 1.94 bits per heavy atom. The quantitative estimate of drug-likeness (QED) is 0.501. The highest BCUT2D eigenvalue weighted by Crippen LogP contribution is 2.28. The first-order valence-electron chi connectivity index (χ1n) is 12.2. The molecule has 0 aliphatic carbocycles. The predicted molar refractivity (Wildman–Crippen MR) is 133 cm³/mol. The second-order valence-corrected chi connectivity index (χ2v) is 9.54. The number of aliphatic hydroxyl groups excluding tert-OH is 1. The molecule has 190 valence electrons. The summed E-state index contributed by atoms with van der Waals surface area (Å²) in [6, 6.07) is 8.04. The summed E-state index contributed by atoms with van der Waals surface area (Å²) in [5.41, 5.74) is 2.34. The Balaban J connectivity index is 1.48. The number of nitrogens with one attached hydrogen (secondary N) is 1. The maximum Gasteiger partial charge on any atom is 0.246 e. The van der Waals surface area contributed by atoms with Crippen molar-refractivity contribution < 1.29 is 19.1 Å². The number of hydrogen-bond donors (Lipinski definition) is 2. The Morgan fingerprint density at radius 3 is 2.56 bits per heavy atom. The highest BCUT2D eigenvalue weighted by Gasteiger charge is 2.39. The molecule has 0 saturated carbocycles. The molecule has 1 saturated heterocycles.